The molecule has 0 spiro atoms. The van der Waals surface area contributed by atoms with Crippen molar-refractivity contribution >= 4 is 17.9 Å². The van der Waals surface area contributed by atoms with E-state index >= 15 is 0 Å². The van der Waals surface area contributed by atoms with Gasteiger partial charge in [0.2, 0.25) is 0 Å². The molecule has 0 unspecified atom stereocenters. The van der Waals surface area contributed by atoms with E-state index in [1.807, 2.05) is 0 Å². The molecule has 0 bridgehead atoms. The average molecular weight is 286 g/mol. The van der Waals surface area contributed by atoms with Gasteiger partial charge in [-0.25, -0.2) is 4.98 Å². The van der Waals surface area contributed by atoms with Crippen LogP contribution in [0.3, 0.4) is 0 Å². The van der Waals surface area contributed by atoms with Crippen molar-refractivity contribution in [2.24, 2.45) is 0 Å². The van der Waals surface area contributed by atoms with Gasteiger partial charge >= 0.3 is 6.18 Å². The molecular formula is C13H7ClF3NO. The fourth-order valence-electron chi connectivity index (χ4n) is 1.66. The topological polar surface area (TPSA) is 30.0 Å². The molecule has 2 aromatic rings. The van der Waals surface area contributed by atoms with Gasteiger partial charge in [-0.2, -0.15) is 13.2 Å². The first-order valence-electron chi connectivity index (χ1n) is 5.21. The quantitative estimate of drug-likeness (QED) is 0.610. The van der Waals surface area contributed by atoms with Gasteiger partial charge in [-0.1, -0.05) is 23.7 Å². The lowest BCUT2D eigenvalue weighted by atomic mass is 10.0. The predicted molar refractivity (Wildman–Crippen MR) is 65.1 cm³/mol. The number of halogens is 4. The summed E-state index contributed by atoms with van der Waals surface area (Å²) in [4.78, 5) is 14.7. The first-order valence-corrected chi connectivity index (χ1v) is 5.58. The maximum absolute atomic E-state index is 12.5. The molecule has 1 heterocycles. The number of aromatic nitrogens is 1. The highest BCUT2D eigenvalue weighted by atomic mass is 35.5. The molecule has 0 atom stereocenters. The summed E-state index contributed by atoms with van der Waals surface area (Å²) in [5.41, 5.74) is 0.254. The molecule has 0 N–H and O–H groups in total. The van der Waals surface area contributed by atoms with E-state index < -0.39 is 11.7 Å². The van der Waals surface area contributed by atoms with E-state index in [0.717, 1.165) is 12.1 Å². The Labute approximate surface area is 111 Å². The standard InChI is InChI=1S/C13H7ClF3NO/c14-12-11(9(7-19)5-6-18-12)8-1-3-10(4-2-8)13(15,16)17/h1-7H. The van der Waals surface area contributed by atoms with Crippen LogP contribution >= 0.6 is 11.6 Å². The summed E-state index contributed by atoms with van der Waals surface area (Å²) in [5.74, 6) is 0. The SMILES string of the molecule is O=Cc1ccnc(Cl)c1-c1ccc(C(F)(F)F)cc1. The molecule has 0 aliphatic heterocycles. The van der Waals surface area contributed by atoms with Gasteiger partial charge in [0.05, 0.1) is 5.56 Å². The van der Waals surface area contributed by atoms with Crippen molar-refractivity contribution in [2.75, 3.05) is 0 Å². The monoisotopic (exact) mass is 285 g/mol. The Bertz CT molecular complexity index is 608. The number of benzene rings is 1. The van der Waals surface area contributed by atoms with Gasteiger partial charge in [0.15, 0.2) is 6.29 Å². The lowest BCUT2D eigenvalue weighted by molar-refractivity contribution is -0.137. The summed E-state index contributed by atoms with van der Waals surface area (Å²) in [7, 11) is 0. The lowest BCUT2D eigenvalue weighted by Gasteiger charge is -2.09. The highest BCUT2D eigenvalue weighted by Gasteiger charge is 2.30. The van der Waals surface area contributed by atoms with Crippen molar-refractivity contribution in [3.63, 3.8) is 0 Å². The highest BCUT2D eigenvalue weighted by Crippen LogP contribution is 2.33. The molecule has 2 rings (SSSR count). The van der Waals surface area contributed by atoms with Crippen molar-refractivity contribution in [3.05, 3.63) is 52.8 Å². The van der Waals surface area contributed by atoms with Crippen molar-refractivity contribution in [3.8, 4) is 11.1 Å². The number of carbonyl (C=O) groups is 1. The molecule has 6 heteroatoms. The van der Waals surface area contributed by atoms with E-state index in [4.69, 9.17) is 11.6 Å². The van der Waals surface area contributed by atoms with Crippen LogP contribution in [0.1, 0.15) is 15.9 Å². The Hall–Kier alpha value is -1.88. The van der Waals surface area contributed by atoms with Gasteiger partial charge in [0, 0.05) is 17.3 Å². The molecular weight excluding hydrogens is 279 g/mol. The normalized spacial score (nSPS) is 11.4. The third-order valence-electron chi connectivity index (χ3n) is 2.56. The van der Waals surface area contributed by atoms with E-state index in [0.29, 0.717) is 17.4 Å². The zero-order valence-electron chi connectivity index (χ0n) is 9.41. The van der Waals surface area contributed by atoms with Crippen molar-refractivity contribution in [2.45, 2.75) is 6.18 Å². The second-order valence-electron chi connectivity index (χ2n) is 3.76. The summed E-state index contributed by atoms with van der Waals surface area (Å²) in [6.45, 7) is 0. The molecule has 0 amide bonds. The van der Waals surface area contributed by atoms with Gasteiger partial charge < -0.3 is 0 Å². The molecule has 1 aromatic heterocycles. The van der Waals surface area contributed by atoms with Crippen LogP contribution in [0.25, 0.3) is 11.1 Å². The third-order valence-corrected chi connectivity index (χ3v) is 2.85. The number of pyridine rings is 1. The Balaban J connectivity index is 2.52. The Morgan fingerprint density at radius 2 is 1.74 bits per heavy atom. The average Bonchev–Trinajstić information content (AvgIpc) is 2.37. The number of hydrogen-bond acceptors (Lipinski definition) is 2. The number of alkyl halides is 3. The molecule has 19 heavy (non-hydrogen) atoms. The lowest BCUT2D eigenvalue weighted by Crippen LogP contribution is -2.04. The molecule has 0 aliphatic carbocycles. The molecule has 0 radical (unpaired) electrons. The van der Waals surface area contributed by atoms with Crippen LogP contribution in [0.4, 0.5) is 13.2 Å². The first kappa shape index (κ1) is 13.5. The van der Waals surface area contributed by atoms with Crippen LogP contribution in [-0.2, 0) is 6.18 Å². The third kappa shape index (κ3) is 2.76. The molecule has 1 aromatic carbocycles. The zero-order valence-corrected chi connectivity index (χ0v) is 10.2. The van der Waals surface area contributed by atoms with Gasteiger partial charge in [0.1, 0.15) is 5.15 Å². The van der Waals surface area contributed by atoms with Crippen molar-refractivity contribution in [1.82, 2.24) is 4.98 Å². The van der Waals surface area contributed by atoms with Crippen LogP contribution in [-0.4, -0.2) is 11.3 Å². The number of carbonyl (C=O) groups excluding carboxylic acids is 1. The van der Waals surface area contributed by atoms with Gasteiger partial charge in [0.25, 0.3) is 0 Å². The van der Waals surface area contributed by atoms with E-state index in [1.54, 1.807) is 0 Å². The second-order valence-corrected chi connectivity index (χ2v) is 4.12. The predicted octanol–water partition coefficient (Wildman–Crippen LogP) is 4.23. The minimum Gasteiger partial charge on any atom is -0.298 e. The largest absolute Gasteiger partial charge is 0.416 e. The van der Waals surface area contributed by atoms with Gasteiger partial charge in [-0.3, -0.25) is 4.79 Å². The second kappa shape index (κ2) is 5.01. The van der Waals surface area contributed by atoms with Crippen LogP contribution in [0.2, 0.25) is 5.15 Å². The number of nitrogens with zero attached hydrogens (tertiary/aromatic N) is 1. The van der Waals surface area contributed by atoms with Crippen LogP contribution in [0.15, 0.2) is 36.5 Å². The van der Waals surface area contributed by atoms with Gasteiger partial charge in [-0.15, -0.1) is 0 Å². The summed E-state index contributed by atoms with van der Waals surface area (Å²) in [5, 5.41) is 0.0735. The van der Waals surface area contributed by atoms with Crippen LogP contribution < -0.4 is 0 Å². The maximum atomic E-state index is 12.5. The van der Waals surface area contributed by atoms with E-state index in [2.05, 4.69) is 4.98 Å². The Kier molecular flexibility index (Phi) is 3.57. The summed E-state index contributed by atoms with van der Waals surface area (Å²) < 4.78 is 37.4. The minimum atomic E-state index is -4.40. The maximum Gasteiger partial charge on any atom is 0.416 e. The number of rotatable bonds is 2. The fourth-order valence-corrected chi connectivity index (χ4v) is 1.93. The fraction of sp³-hybridized carbons (Fsp3) is 0.0769. The molecule has 0 fully saturated rings. The van der Waals surface area contributed by atoms with Gasteiger partial charge in [-0.05, 0) is 23.8 Å². The zero-order chi connectivity index (χ0) is 14.0. The number of hydrogen-bond donors (Lipinski definition) is 0. The molecule has 0 saturated carbocycles. The Morgan fingerprint density at radius 3 is 2.26 bits per heavy atom. The van der Waals surface area contributed by atoms with Crippen molar-refractivity contribution < 1.29 is 18.0 Å². The molecule has 98 valence electrons. The number of aldehydes is 1. The Morgan fingerprint density at radius 1 is 1.11 bits per heavy atom. The summed E-state index contributed by atoms with van der Waals surface area (Å²) in [6.07, 6.45) is -2.45. The van der Waals surface area contributed by atoms with E-state index in [-0.39, 0.29) is 10.7 Å². The molecule has 0 saturated heterocycles. The van der Waals surface area contributed by atoms with Crippen LogP contribution in [0, 0.1) is 0 Å². The van der Waals surface area contributed by atoms with Crippen LogP contribution in [0.5, 0.6) is 0 Å². The smallest absolute Gasteiger partial charge is 0.298 e. The van der Waals surface area contributed by atoms with E-state index in [1.165, 1.54) is 24.4 Å². The first-order chi connectivity index (χ1) is 8.93. The molecule has 0 aliphatic rings. The molecule has 2 nitrogen and oxygen atoms in total. The minimum absolute atomic E-state index is 0.0735. The summed E-state index contributed by atoms with van der Waals surface area (Å²) >= 11 is 5.88. The van der Waals surface area contributed by atoms with Crippen molar-refractivity contribution in [1.29, 1.82) is 0 Å². The summed E-state index contributed by atoms with van der Waals surface area (Å²) in [6, 6.07) is 5.85. The van der Waals surface area contributed by atoms with E-state index in [9.17, 15) is 18.0 Å². The highest BCUT2D eigenvalue weighted by molar-refractivity contribution is 6.32.